The minimum absolute atomic E-state index is 0.378. The van der Waals surface area contributed by atoms with E-state index in [0.29, 0.717) is 24.0 Å². The molecule has 1 saturated carbocycles. The van der Waals surface area contributed by atoms with Crippen LogP contribution in [0.4, 0.5) is 0 Å². The molecule has 1 aliphatic carbocycles. The zero-order valence-corrected chi connectivity index (χ0v) is 28.8. The van der Waals surface area contributed by atoms with E-state index in [-0.39, 0.29) is 0 Å². The summed E-state index contributed by atoms with van der Waals surface area (Å²) in [5, 5.41) is 12.5. The van der Waals surface area contributed by atoms with Crippen LogP contribution < -0.4 is 0 Å². The lowest BCUT2D eigenvalue weighted by Crippen LogP contribution is -2.35. The van der Waals surface area contributed by atoms with Crippen LogP contribution in [0.1, 0.15) is 104 Å². The van der Waals surface area contributed by atoms with E-state index < -0.39 is 5.97 Å². The largest absolute Gasteiger partial charge is 0.478 e. The molecule has 6 heteroatoms. The number of carbonyl (C=O) groups is 1. The number of likely N-dealkylation sites (tertiary alicyclic amines) is 1. The molecule has 3 aliphatic rings. The number of para-hydroxylation sites is 1. The molecule has 0 radical (unpaired) electrons. The molecule has 5 aromatic rings. The Kier molecular flexibility index (Phi) is 10.0. The van der Waals surface area contributed by atoms with Gasteiger partial charge in [0.2, 0.25) is 0 Å². The number of ether oxygens (including phenoxy) is 1. The second-order valence-electron chi connectivity index (χ2n) is 13.8. The summed E-state index contributed by atoms with van der Waals surface area (Å²) in [6.07, 6.45) is 12.1. The van der Waals surface area contributed by atoms with Crippen molar-refractivity contribution in [3.05, 3.63) is 95.2 Å². The number of piperidine rings is 1. The van der Waals surface area contributed by atoms with Crippen molar-refractivity contribution in [2.45, 2.75) is 96.7 Å². The van der Waals surface area contributed by atoms with Crippen molar-refractivity contribution in [2.24, 2.45) is 0 Å². The van der Waals surface area contributed by atoms with E-state index in [0.717, 1.165) is 51.3 Å². The Bertz CT molecular complexity index is 1860. The second-order valence-corrected chi connectivity index (χ2v) is 13.8. The van der Waals surface area contributed by atoms with Gasteiger partial charge in [0.05, 0.1) is 30.0 Å². The highest BCUT2D eigenvalue weighted by molar-refractivity contribution is 6.03. The van der Waals surface area contributed by atoms with Gasteiger partial charge < -0.3 is 23.9 Å². The number of fused-ring (bicyclic) bond motifs is 4. The van der Waals surface area contributed by atoms with Gasteiger partial charge in [0.15, 0.2) is 0 Å². The molecule has 3 aromatic carbocycles. The zero-order chi connectivity index (χ0) is 33.0. The first-order valence-electron chi connectivity index (χ1n) is 18.5. The molecule has 0 bridgehead atoms. The summed E-state index contributed by atoms with van der Waals surface area (Å²) < 4.78 is 11.0. The number of benzene rings is 3. The fraction of sp³-hybridized carbons (Fsp3) is 0.452. The van der Waals surface area contributed by atoms with Crippen molar-refractivity contribution in [1.82, 2.24) is 14.0 Å². The fourth-order valence-corrected chi connectivity index (χ4v) is 8.74. The number of carboxylic acids is 1. The summed E-state index contributed by atoms with van der Waals surface area (Å²) in [6, 6.07) is 23.2. The maximum Gasteiger partial charge on any atom is 0.335 e. The quantitative estimate of drug-likeness (QED) is 0.171. The summed E-state index contributed by atoms with van der Waals surface area (Å²) in [4.78, 5) is 14.6. The van der Waals surface area contributed by atoms with E-state index in [1.54, 1.807) is 0 Å². The molecule has 0 amide bonds. The Morgan fingerprint density at radius 1 is 0.812 bits per heavy atom. The highest BCUT2D eigenvalue weighted by Gasteiger charge is 2.31. The number of aromatic carboxylic acids is 1. The van der Waals surface area contributed by atoms with Crippen molar-refractivity contribution >= 4 is 27.8 Å². The van der Waals surface area contributed by atoms with E-state index in [9.17, 15) is 9.90 Å². The molecule has 6 nitrogen and oxygen atoms in total. The number of hydrogen-bond acceptors (Lipinski definition) is 3. The number of carboxylic acid groups (broad SMARTS) is 1. The topological polar surface area (TPSA) is 59.6 Å². The van der Waals surface area contributed by atoms with Gasteiger partial charge in [-0.05, 0) is 85.9 Å². The van der Waals surface area contributed by atoms with Gasteiger partial charge in [0.1, 0.15) is 0 Å². The molecule has 0 unspecified atom stereocenters. The summed E-state index contributed by atoms with van der Waals surface area (Å²) in [5.41, 5.74) is 9.70. The molecule has 48 heavy (non-hydrogen) atoms. The Hall–Kier alpha value is -3.87. The lowest BCUT2D eigenvalue weighted by Gasteiger charge is -2.31. The molecule has 1 N–H and O–H groups in total. The first-order valence-corrected chi connectivity index (χ1v) is 18.5. The van der Waals surface area contributed by atoms with Crippen LogP contribution in [-0.4, -0.2) is 51.4 Å². The number of rotatable bonds is 8. The van der Waals surface area contributed by atoms with E-state index >= 15 is 0 Å². The van der Waals surface area contributed by atoms with Gasteiger partial charge in [-0.25, -0.2) is 4.79 Å². The van der Waals surface area contributed by atoms with Crippen LogP contribution in [0.25, 0.3) is 33.1 Å². The van der Waals surface area contributed by atoms with Crippen LogP contribution >= 0.6 is 0 Å². The smallest absolute Gasteiger partial charge is 0.335 e. The van der Waals surface area contributed by atoms with Gasteiger partial charge in [-0.2, -0.15) is 0 Å². The summed E-state index contributed by atoms with van der Waals surface area (Å²) in [5.74, 6) is 0.221. The van der Waals surface area contributed by atoms with Crippen LogP contribution in [0.2, 0.25) is 0 Å². The van der Waals surface area contributed by atoms with Gasteiger partial charge in [-0.1, -0.05) is 87.7 Å². The fourth-order valence-electron chi connectivity index (χ4n) is 8.74. The highest BCUT2D eigenvalue weighted by atomic mass is 16.5. The van der Waals surface area contributed by atoms with E-state index in [2.05, 4.69) is 68.8 Å². The summed E-state index contributed by atoms with van der Waals surface area (Å²) in [6.45, 7) is 10.5. The standard InChI is InChI=1S/C40H45N3O3.C2H6/c44-40(45)31-15-16-33-36(25-31)43-20-8-19-42-26-35(29-17-21-41(22-18-29)23-24-46-27-28-9-3-1-4-10-28)32-13-7-14-34(38(32)42)39(43)37(33)30-11-5-2-6-12-30;1-2/h1,3-4,7,9-10,13-16,25-26,29-30H,2,5-6,8,11-12,17-24,27H2,(H,44,45);1-2H3. The summed E-state index contributed by atoms with van der Waals surface area (Å²) in [7, 11) is 0. The minimum atomic E-state index is -0.853. The predicted octanol–water partition coefficient (Wildman–Crippen LogP) is 9.83. The minimum Gasteiger partial charge on any atom is -0.478 e. The number of aryl methyl sites for hydroxylation is 2. The van der Waals surface area contributed by atoms with Crippen LogP contribution in [-0.2, 0) is 24.4 Å². The number of aromatic nitrogens is 2. The van der Waals surface area contributed by atoms with Gasteiger partial charge in [-0.3, -0.25) is 0 Å². The Morgan fingerprint density at radius 3 is 2.38 bits per heavy atom. The predicted molar refractivity (Wildman–Crippen MR) is 196 cm³/mol. The third-order valence-electron chi connectivity index (χ3n) is 11.0. The number of hydrogen-bond donors (Lipinski definition) is 1. The van der Waals surface area contributed by atoms with E-state index in [1.807, 2.05) is 32.0 Å². The van der Waals surface area contributed by atoms with Gasteiger partial charge in [0.25, 0.3) is 0 Å². The van der Waals surface area contributed by atoms with Crippen LogP contribution in [0, 0.1) is 0 Å². The second kappa shape index (κ2) is 14.7. The van der Waals surface area contributed by atoms with E-state index in [4.69, 9.17) is 4.74 Å². The average molecular weight is 646 g/mol. The first-order chi connectivity index (χ1) is 23.7. The zero-order valence-electron chi connectivity index (χ0n) is 28.8. The maximum absolute atomic E-state index is 12.0. The van der Waals surface area contributed by atoms with Crippen molar-refractivity contribution in [1.29, 1.82) is 0 Å². The number of nitrogens with zero attached hydrogens (tertiary/aromatic N) is 3. The van der Waals surface area contributed by atoms with Gasteiger partial charge >= 0.3 is 5.97 Å². The lowest BCUT2D eigenvalue weighted by molar-refractivity contribution is 0.0697. The normalized spacial score (nSPS) is 17.5. The van der Waals surface area contributed by atoms with Crippen LogP contribution in [0.3, 0.4) is 0 Å². The van der Waals surface area contributed by atoms with Crippen LogP contribution in [0.5, 0.6) is 0 Å². The molecular weight excluding hydrogens is 594 g/mol. The molecular formula is C42H51N3O3. The molecule has 2 fully saturated rings. The van der Waals surface area contributed by atoms with Gasteiger partial charge in [-0.15, -0.1) is 0 Å². The lowest BCUT2D eigenvalue weighted by atomic mass is 9.81. The Labute approximate surface area is 285 Å². The molecule has 2 aliphatic heterocycles. The summed E-state index contributed by atoms with van der Waals surface area (Å²) >= 11 is 0. The highest BCUT2D eigenvalue weighted by Crippen LogP contribution is 2.47. The SMILES string of the molecule is CC.O=C(O)c1ccc2c(C3CCCCC3)c3n(c2c1)CCCn1cc(C2CCN(CCOCc4ccccc4)CC2)c2cccc-3c21. The van der Waals surface area contributed by atoms with Gasteiger partial charge in [0, 0.05) is 47.7 Å². The van der Waals surface area contributed by atoms with Crippen molar-refractivity contribution < 1.29 is 14.6 Å². The molecule has 4 heterocycles. The molecule has 8 rings (SSSR count). The monoisotopic (exact) mass is 645 g/mol. The van der Waals surface area contributed by atoms with Crippen molar-refractivity contribution in [3.63, 3.8) is 0 Å². The Balaban J connectivity index is 0.00000179. The molecule has 0 atom stereocenters. The Morgan fingerprint density at radius 2 is 1.60 bits per heavy atom. The molecule has 252 valence electrons. The molecule has 0 spiro atoms. The third-order valence-corrected chi connectivity index (χ3v) is 11.0. The first kappa shape index (κ1) is 32.7. The van der Waals surface area contributed by atoms with Crippen molar-refractivity contribution in [2.75, 3.05) is 26.2 Å². The van der Waals surface area contributed by atoms with E-state index in [1.165, 1.54) is 89.2 Å². The molecule has 1 saturated heterocycles. The average Bonchev–Trinajstić information content (AvgIpc) is 3.66. The third kappa shape index (κ3) is 6.33. The maximum atomic E-state index is 12.0. The van der Waals surface area contributed by atoms with Crippen LogP contribution in [0.15, 0.2) is 72.9 Å². The molecule has 2 aromatic heterocycles. The van der Waals surface area contributed by atoms with Crippen molar-refractivity contribution in [3.8, 4) is 11.3 Å².